The molecular weight excluding hydrogens is 224 g/mol. The Balaban J connectivity index is 2.26. The predicted octanol–water partition coefficient (Wildman–Crippen LogP) is 0.147. The lowest BCUT2D eigenvalue weighted by Gasteiger charge is -2.31. The molecule has 5 heteroatoms. The Bertz CT molecular complexity index is 285. The minimum absolute atomic E-state index is 0.0112. The maximum atomic E-state index is 10.8. The molecule has 0 saturated carbocycles. The Morgan fingerprint density at radius 1 is 1.69 bits per heavy atom. The van der Waals surface area contributed by atoms with Gasteiger partial charge in [-0.1, -0.05) is 17.7 Å². The van der Waals surface area contributed by atoms with Gasteiger partial charge in [0.15, 0.2) is 0 Å². The van der Waals surface area contributed by atoms with Crippen LogP contribution in [-0.4, -0.2) is 56.0 Å². The second-order valence-corrected chi connectivity index (χ2v) is 4.26. The Kier molecular flexibility index (Phi) is 6.31. The fraction of sp³-hybridized carbons (Fsp3) is 0.727. The first-order valence-corrected chi connectivity index (χ1v) is 6.54. The van der Waals surface area contributed by atoms with Gasteiger partial charge in [-0.05, 0) is 11.5 Å². The summed E-state index contributed by atoms with van der Waals surface area (Å²) in [5, 5.41) is 5.75. The van der Waals surface area contributed by atoms with E-state index in [-0.39, 0.29) is 12.0 Å². The van der Waals surface area contributed by atoms with Crippen molar-refractivity contribution in [3.05, 3.63) is 0 Å². The van der Waals surface area contributed by atoms with Crippen LogP contribution in [0, 0.1) is 11.2 Å². The zero-order valence-corrected chi connectivity index (χ0v) is 10.6. The summed E-state index contributed by atoms with van der Waals surface area (Å²) in [5.74, 6) is 3.07. The molecule has 0 aliphatic carbocycles. The molecule has 0 radical (unpaired) electrons. The highest BCUT2D eigenvalue weighted by Crippen LogP contribution is 2.03. The second kappa shape index (κ2) is 7.55. The number of thioether (sulfide) groups is 1. The van der Waals surface area contributed by atoms with E-state index in [9.17, 15) is 4.79 Å². The summed E-state index contributed by atoms with van der Waals surface area (Å²) in [5.41, 5.74) is 0. The summed E-state index contributed by atoms with van der Waals surface area (Å²) >= 11 is 1.53. The number of hydrogen-bond acceptors (Lipinski definition) is 4. The van der Waals surface area contributed by atoms with Gasteiger partial charge in [0, 0.05) is 26.6 Å². The van der Waals surface area contributed by atoms with Gasteiger partial charge in [-0.15, -0.1) is 0 Å². The van der Waals surface area contributed by atoms with Crippen LogP contribution >= 0.6 is 11.8 Å². The van der Waals surface area contributed by atoms with E-state index in [1.54, 1.807) is 0 Å². The van der Waals surface area contributed by atoms with E-state index in [0.29, 0.717) is 13.2 Å². The number of carbonyl (C=O) groups is 1. The van der Waals surface area contributed by atoms with Crippen LogP contribution in [0.1, 0.15) is 6.92 Å². The van der Waals surface area contributed by atoms with E-state index < -0.39 is 0 Å². The fourth-order valence-corrected chi connectivity index (χ4v) is 1.73. The molecule has 1 amide bonds. The van der Waals surface area contributed by atoms with Gasteiger partial charge in [-0.2, -0.15) is 0 Å². The van der Waals surface area contributed by atoms with Gasteiger partial charge in [-0.3, -0.25) is 9.69 Å². The second-order valence-electron chi connectivity index (χ2n) is 3.65. The molecule has 0 aromatic carbocycles. The van der Waals surface area contributed by atoms with Gasteiger partial charge in [-0.25, -0.2) is 0 Å². The molecule has 1 atom stereocenters. The topological polar surface area (TPSA) is 41.6 Å². The van der Waals surface area contributed by atoms with Crippen LogP contribution in [0.5, 0.6) is 0 Å². The Labute approximate surface area is 101 Å². The molecule has 0 unspecified atom stereocenters. The summed E-state index contributed by atoms with van der Waals surface area (Å²) in [6, 6.07) is 0. The van der Waals surface area contributed by atoms with E-state index >= 15 is 0 Å². The molecule has 1 fully saturated rings. The molecule has 0 bridgehead atoms. The lowest BCUT2D eigenvalue weighted by molar-refractivity contribution is -0.120. The number of amides is 1. The van der Waals surface area contributed by atoms with E-state index in [1.807, 2.05) is 6.26 Å². The first-order chi connectivity index (χ1) is 7.72. The minimum Gasteiger partial charge on any atom is -0.374 e. The van der Waals surface area contributed by atoms with Crippen LogP contribution < -0.4 is 5.32 Å². The van der Waals surface area contributed by atoms with Gasteiger partial charge >= 0.3 is 0 Å². The number of morpholine rings is 1. The molecule has 0 aromatic rings. The molecule has 1 N–H and O–H groups in total. The van der Waals surface area contributed by atoms with Gasteiger partial charge in [0.25, 0.3) is 0 Å². The largest absolute Gasteiger partial charge is 0.374 e. The third-order valence-corrected chi connectivity index (χ3v) is 2.63. The standard InChI is InChI=1S/C11H18N2O2S/c1-10(14)12-8-11-9-13(5-6-15-11)4-3-7-16-2/h11H,4-6,8-9H2,1-2H3,(H,12,14)/t11-/m1/s1. The van der Waals surface area contributed by atoms with Crippen LogP contribution in [0.3, 0.4) is 0 Å². The van der Waals surface area contributed by atoms with E-state index in [2.05, 4.69) is 21.4 Å². The van der Waals surface area contributed by atoms with Crippen LogP contribution in [0.4, 0.5) is 0 Å². The first-order valence-electron chi connectivity index (χ1n) is 5.31. The van der Waals surface area contributed by atoms with Crippen LogP contribution in [-0.2, 0) is 9.53 Å². The maximum Gasteiger partial charge on any atom is 0.216 e. The van der Waals surface area contributed by atoms with Crippen molar-refractivity contribution in [3.63, 3.8) is 0 Å². The lowest BCUT2D eigenvalue weighted by Crippen LogP contribution is -2.47. The van der Waals surface area contributed by atoms with Crippen molar-refractivity contribution in [1.82, 2.24) is 10.2 Å². The quantitative estimate of drug-likeness (QED) is 0.715. The predicted molar refractivity (Wildman–Crippen MR) is 66.2 cm³/mol. The minimum atomic E-state index is -0.0112. The molecule has 1 saturated heterocycles. The van der Waals surface area contributed by atoms with Crippen molar-refractivity contribution in [2.24, 2.45) is 0 Å². The summed E-state index contributed by atoms with van der Waals surface area (Å²) in [6.07, 6.45) is 2.06. The zero-order valence-electron chi connectivity index (χ0n) is 9.78. The molecular formula is C11H18N2O2S. The number of nitrogens with one attached hydrogen (secondary N) is 1. The molecule has 90 valence electrons. The van der Waals surface area contributed by atoms with Gasteiger partial charge in [0.1, 0.15) is 0 Å². The average Bonchev–Trinajstić information content (AvgIpc) is 2.27. The van der Waals surface area contributed by atoms with Crippen LogP contribution in [0.15, 0.2) is 0 Å². The summed E-state index contributed by atoms with van der Waals surface area (Å²) in [6.45, 7) is 5.35. The molecule has 1 aliphatic heterocycles. The molecule has 4 nitrogen and oxygen atoms in total. The Morgan fingerprint density at radius 3 is 3.19 bits per heavy atom. The third kappa shape index (κ3) is 5.40. The summed E-state index contributed by atoms with van der Waals surface area (Å²) in [4.78, 5) is 13.0. The molecule has 0 aromatic heterocycles. The van der Waals surface area contributed by atoms with Crippen LogP contribution in [0.2, 0.25) is 0 Å². The number of nitrogens with zero attached hydrogens (tertiary/aromatic N) is 1. The highest BCUT2D eigenvalue weighted by molar-refractivity contribution is 8.03. The summed E-state index contributed by atoms with van der Waals surface area (Å²) < 4.78 is 5.56. The third-order valence-electron chi connectivity index (χ3n) is 2.28. The molecule has 0 spiro atoms. The lowest BCUT2D eigenvalue weighted by atomic mass is 10.2. The molecule has 1 aliphatic rings. The molecule has 1 heterocycles. The average molecular weight is 242 g/mol. The smallest absolute Gasteiger partial charge is 0.216 e. The molecule has 1 rings (SSSR count). The first kappa shape index (κ1) is 13.4. The number of hydrogen-bond donors (Lipinski definition) is 1. The van der Waals surface area contributed by atoms with E-state index in [4.69, 9.17) is 4.74 Å². The highest BCUT2D eigenvalue weighted by Gasteiger charge is 2.19. The van der Waals surface area contributed by atoms with Crippen molar-refractivity contribution in [3.8, 4) is 11.2 Å². The number of rotatable bonds is 3. The zero-order chi connectivity index (χ0) is 11.8. The SMILES string of the molecule is CSC#CCN1CCO[C@H](CNC(C)=O)C1. The normalized spacial score (nSPS) is 21.0. The van der Waals surface area contributed by atoms with Crippen molar-refractivity contribution >= 4 is 17.7 Å². The summed E-state index contributed by atoms with van der Waals surface area (Å²) in [7, 11) is 0. The monoisotopic (exact) mass is 242 g/mol. The van der Waals surface area contributed by atoms with Crippen molar-refractivity contribution in [2.75, 3.05) is 39.0 Å². The number of ether oxygens (including phenoxy) is 1. The van der Waals surface area contributed by atoms with E-state index in [0.717, 1.165) is 19.6 Å². The van der Waals surface area contributed by atoms with Gasteiger partial charge < -0.3 is 10.1 Å². The van der Waals surface area contributed by atoms with Crippen molar-refractivity contribution in [2.45, 2.75) is 13.0 Å². The Hall–Kier alpha value is -0.700. The van der Waals surface area contributed by atoms with Gasteiger partial charge in [0.05, 0.1) is 19.3 Å². The van der Waals surface area contributed by atoms with Crippen LogP contribution in [0.25, 0.3) is 0 Å². The number of carbonyl (C=O) groups excluding carboxylic acids is 1. The molecule has 16 heavy (non-hydrogen) atoms. The van der Waals surface area contributed by atoms with Gasteiger partial charge in [0.2, 0.25) is 5.91 Å². The van der Waals surface area contributed by atoms with E-state index in [1.165, 1.54) is 18.7 Å². The highest BCUT2D eigenvalue weighted by atomic mass is 32.2. The maximum absolute atomic E-state index is 10.8. The Morgan fingerprint density at radius 2 is 2.50 bits per heavy atom. The van der Waals surface area contributed by atoms with Crippen molar-refractivity contribution in [1.29, 1.82) is 0 Å². The van der Waals surface area contributed by atoms with Crippen molar-refractivity contribution < 1.29 is 9.53 Å². The fourth-order valence-electron chi connectivity index (χ4n) is 1.52.